The zero-order chi connectivity index (χ0) is 23.5. The molecule has 1 amide bonds. The normalized spacial score (nSPS) is 21.8. The largest absolute Gasteiger partial charge is 0.472 e. The van der Waals surface area contributed by atoms with Crippen LogP contribution in [0, 0.1) is 17.8 Å². The molecule has 3 aromatic rings. The van der Waals surface area contributed by atoms with Crippen molar-refractivity contribution in [1.82, 2.24) is 25.1 Å². The predicted molar refractivity (Wildman–Crippen MR) is 110 cm³/mol. The van der Waals surface area contributed by atoms with Gasteiger partial charge in [-0.05, 0) is 25.1 Å². The molecule has 0 radical (unpaired) electrons. The first-order valence-corrected chi connectivity index (χ1v) is 10.2. The third kappa shape index (κ3) is 3.57. The molecule has 4 rings (SSSR count). The van der Waals surface area contributed by atoms with E-state index in [2.05, 4.69) is 20.6 Å². The van der Waals surface area contributed by atoms with Crippen LogP contribution in [-0.4, -0.2) is 37.9 Å². The minimum Gasteiger partial charge on any atom is -0.472 e. The van der Waals surface area contributed by atoms with Crippen molar-refractivity contribution in [3.63, 3.8) is 0 Å². The number of aromatic nitrogens is 4. The van der Waals surface area contributed by atoms with Crippen LogP contribution in [0.4, 0.5) is 13.2 Å². The summed E-state index contributed by atoms with van der Waals surface area (Å²) in [6.45, 7) is 9.73. The van der Waals surface area contributed by atoms with Crippen molar-refractivity contribution in [3.8, 4) is 5.88 Å². The van der Waals surface area contributed by atoms with E-state index in [4.69, 9.17) is 4.74 Å². The smallest absolute Gasteiger partial charge is 0.453 e. The van der Waals surface area contributed by atoms with Gasteiger partial charge in [0.25, 0.3) is 11.7 Å². The molecule has 32 heavy (non-hydrogen) atoms. The molecule has 7 nitrogen and oxygen atoms in total. The molecule has 1 N–H and O–H groups in total. The van der Waals surface area contributed by atoms with E-state index in [1.807, 2.05) is 46.8 Å². The molecule has 170 valence electrons. The van der Waals surface area contributed by atoms with Gasteiger partial charge < -0.3 is 10.1 Å². The number of carbonyl (C=O) groups excluding carboxylic acids is 1. The minimum atomic E-state index is -4.69. The summed E-state index contributed by atoms with van der Waals surface area (Å²) in [7, 11) is 0. The topological polar surface area (TPSA) is 81.4 Å². The summed E-state index contributed by atoms with van der Waals surface area (Å²) in [5.41, 5.74) is 0.595. The average Bonchev–Trinajstić information content (AvgIpc) is 3.14. The summed E-state index contributed by atoms with van der Waals surface area (Å²) >= 11 is 0. The second kappa shape index (κ2) is 7.18. The molecule has 0 spiro atoms. The van der Waals surface area contributed by atoms with Gasteiger partial charge in [-0.1, -0.05) is 45.4 Å². The van der Waals surface area contributed by atoms with Gasteiger partial charge >= 0.3 is 6.18 Å². The molecule has 0 saturated heterocycles. The lowest BCUT2D eigenvalue weighted by Gasteiger charge is -2.62. The van der Waals surface area contributed by atoms with E-state index in [9.17, 15) is 18.0 Å². The van der Waals surface area contributed by atoms with Crippen molar-refractivity contribution in [1.29, 1.82) is 0 Å². The summed E-state index contributed by atoms with van der Waals surface area (Å²) < 4.78 is 46.2. The number of hydrogen-bond donors (Lipinski definition) is 1. The van der Waals surface area contributed by atoms with Gasteiger partial charge in [0.2, 0.25) is 5.88 Å². The van der Waals surface area contributed by atoms with Crippen LogP contribution in [0.2, 0.25) is 0 Å². The van der Waals surface area contributed by atoms with Crippen molar-refractivity contribution in [3.05, 3.63) is 53.3 Å². The molecular weight excluding hydrogens is 423 g/mol. The number of hydrogen-bond acceptors (Lipinski definition) is 5. The lowest BCUT2D eigenvalue weighted by Crippen LogP contribution is -2.74. The Kier molecular flexibility index (Phi) is 4.94. The van der Waals surface area contributed by atoms with E-state index in [-0.39, 0.29) is 23.5 Å². The Labute approximate surface area is 183 Å². The first-order chi connectivity index (χ1) is 14.8. The fourth-order valence-electron chi connectivity index (χ4n) is 4.85. The van der Waals surface area contributed by atoms with Crippen LogP contribution in [0.25, 0.3) is 5.65 Å². The number of benzene rings is 1. The molecule has 0 bridgehead atoms. The Hall–Kier alpha value is -3.17. The summed E-state index contributed by atoms with van der Waals surface area (Å²) in [6.07, 6.45) is -5.10. The van der Waals surface area contributed by atoms with Crippen LogP contribution in [0.3, 0.4) is 0 Å². The zero-order valence-corrected chi connectivity index (χ0v) is 18.4. The van der Waals surface area contributed by atoms with Gasteiger partial charge in [-0.3, -0.25) is 4.79 Å². The number of nitrogens with zero attached hydrogens (tertiary/aromatic N) is 4. The maximum absolute atomic E-state index is 13.2. The van der Waals surface area contributed by atoms with Gasteiger partial charge in [-0.25, -0.2) is 0 Å². The SMILES string of the molecule is Cc1ccc(C(=O)NC2C(C)(C)C(Oc3ccc4nnc(C(F)(F)F)n4n3)C2(C)C)cc1. The quantitative estimate of drug-likeness (QED) is 0.652. The number of nitrogens with one attached hydrogen (secondary N) is 1. The van der Waals surface area contributed by atoms with E-state index in [0.29, 0.717) is 10.1 Å². The van der Waals surface area contributed by atoms with Crippen LogP contribution in [0.1, 0.15) is 49.4 Å². The Morgan fingerprint density at radius 1 is 1.03 bits per heavy atom. The molecule has 1 aromatic carbocycles. The highest BCUT2D eigenvalue weighted by Crippen LogP contribution is 2.55. The lowest BCUT2D eigenvalue weighted by molar-refractivity contribution is -0.166. The van der Waals surface area contributed by atoms with Crippen molar-refractivity contribution in [2.45, 2.75) is 52.9 Å². The molecule has 2 heterocycles. The third-order valence-corrected chi connectivity index (χ3v) is 6.16. The van der Waals surface area contributed by atoms with Crippen LogP contribution < -0.4 is 10.1 Å². The summed E-state index contributed by atoms with van der Waals surface area (Å²) in [5, 5.41) is 13.7. The molecule has 1 aliphatic carbocycles. The van der Waals surface area contributed by atoms with Crippen molar-refractivity contribution in [2.24, 2.45) is 10.8 Å². The number of carbonyl (C=O) groups is 1. The van der Waals surface area contributed by atoms with E-state index in [0.717, 1.165) is 5.56 Å². The first-order valence-electron chi connectivity index (χ1n) is 10.2. The molecule has 1 saturated carbocycles. The monoisotopic (exact) mass is 447 g/mol. The number of alkyl halides is 3. The predicted octanol–water partition coefficient (Wildman–Crippen LogP) is 4.06. The number of aryl methyl sites for hydroxylation is 1. The van der Waals surface area contributed by atoms with Gasteiger partial charge in [0, 0.05) is 28.5 Å². The molecule has 1 fully saturated rings. The lowest BCUT2D eigenvalue weighted by atomic mass is 9.49. The van der Waals surface area contributed by atoms with Crippen LogP contribution in [0.15, 0.2) is 36.4 Å². The van der Waals surface area contributed by atoms with Gasteiger partial charge in [0.15, 0.2) is 5.65 Å². The zero-order valence-electron chi connectivity index (χ0n) is 18.4. The van der Waals surface area contributed by atoms with E-state index in [1.165, 1.54) is 12.1 Å². The molecule has 2 aromatic heterocycles. The molecule has 1 aliphatic rings. The molecule has 0 aliphatic heterocycles. The summed E-state index contributed by atoms with van der Waals surface area (Å²) in [4.78, 5) is 12.8. The molecule has 10 heteroatoms. The maximum Gasteiger partial charge on any atom is 0.453 e. The Morgan fingerprint density at radius 2 is 1.66 bits per heavy atom. The van der Waals surface area contributed by atoms with Gasteiger partial charge in [0.1, 0.15) is 6.10 Å². The van der Waals surface area contributed by atoms with Crippen molar-refractivity contribution in [2.75, 3.05) is 0 Å². The number of amides is 1. The molecule has 0 unspecified atom stereocenters. The van der Waals surface area contributed by atoms with Crippen molar-refractivity contribution < 1.29 is 22.7 Å². The highest BCUT2D eigenvalue weighted by molar-refractivity contribution is 5.94. The summed E-state index contributed by atoms with van der Waals surface area (Å²) in [6, 6.07) is 9.91. The second-order valence-corrected chi connectivity index (χ2v) is 9.38. The summed E-state index contributed by atoms with van der Waals surface area (Å²) in [5.74, 6) is -1.38. The number of ether oxygens (including phenoxy) is 1. The van der Waals surface area contributed by atoms with Crippen LogP contribution >= 0.6 is 0 Å². The standard InChI is InChI=1S/C22H24F3N5O2/c1-12-6-8-13(9-7-12)16(31)26-17-20(2,3)18(21(17,4)5)32-15-11-10-14-27-28-19(22(23,24)25)30(14)29-15/h6-11,17-18H,1-5H3,(H,26,31). The second-order valence-electron chi connectivity index (χ2n) is 9.38. The highest BCUT2D eigenvalue weighted by atomic mass is 19.4. The highest BCUT2D eigenvalue weighted by Gasteiger charge is 2.64. The number of rotatable bonds is 4. The molecular formula is C22H24F3N5O2. The molecule has 0 atom stereocenters. The average molecular weight is 447 g/mol. The Morgan fingerprint density at radius 3 is 2.25 bits per heavy atom. The van der Waals surface area contributed by atoms with Gasteiger partial charge in [-0.2, -0.15) is 17.7 Å². The van der Waals surface area contributed by atoms with Gasteiger partial charge in [-0.15, -0.1) is 15.3 Å². The van der Waals surface area contributed by atoms with E-state index >= 15 is 0 Å². The first kappa shape index (κ1) is 22.0. The Balaban J connectivity index is 1.55. The fraction of sp³-hybridized carbons (Fsp3) is 0.455. The minimum absolute atomic E-state index is 0.0252. The number of fused-ring (bicyclic) bond motifs is 1. The third-order valence-electron chi connectivity index (χ3n) is 6.16. The van der Waals surface area contributed by atoms with E-state index < -0.39 is 28.9 Å². The number of halogens is 3. The van der Waals surface area contributed by atoms with Crippen molar-refractivity contribution >= 4 is 11.6 Å². The van der Waals surface area contributed by atoms with Crippen LogP contribution in [-0.2, 0) is 6.18 Å². The Bertz CT molecular complexity index is 1150. The van der Waals surface area contributed by atoms with E-state index in [1.54, 1.807) is 12.1 Å². The van der Waals surface area contributed by atoms with Crippen LogP contribution in [0.5, 0.6) is 5.88 Å². The fourth-order valence-corrected chi connectivity index (χ4v) is 4.85. The van der Waals surface area contributed by atoms with Gasteiger partial charge in [0.05, 0.1) is 0 Å². The maximum atomic E-state index is 13.2.